The third kappa shape index (κ3) is 5.23. The zero-order valence-electron chi connectivity index (χ0n) is 15.7. The van der Waals surface area contributed by atoms with Gasteiger partial charge in [0.15, 0.2) is 0 Å². The van der Waals surface area contributed by atoms with Crippen LogP contribution < -0.4 is 21.3 Å². The fourth-order valence-electron chi connectivity index (χ4n) is 2.72. The quantitative estimate of drug-likeness (QED) is 0.431. The van der Waals surface area contributed by atoms with Gasteiger partial charge in [-0.2, -0.15) is 0 Å². The summed E-state index contributed by atoms with van der Waals surface area (Å²) in [7, 11) is 0. The second-order valence-corrected chi connectivity index (χ2v) is 7.37. The van der Waals surface area contributed by atoms with Crippen molar-refractivity contribution in [3.8, 4) is 0 Å². The van der Waals surface area contributed by atoms with E-state index in [0.717, 1.165) is 9.26 Å². The van der Waals surface area contributed by atoms with Gasteiger partial charge in [0.2, 0.25) is 0 Å². The van der Waals surface area contributed by atoms with E-state index in [4.69, 9.17) is 5.73 Å². The molecule has 3 amide bonds. The number of carbonyl (C=O) groups excluding carboxylic acids is 2. The molecule has 0 bridgehead atoms. The van der Waals surface area contributed by atoms with Crippen molar-refractivity contribution in [2.75, 3.05) is 22.1 Å². The van der Waals surface area contributed by atoms with Gasteiger partial charge in [0.25, 0.3) is 5.91 Å². The lowest BCUT2D eigenvalue weighted by Gasteiger charge is -2.20. The number of benzene rings is 2. The molecule has 7 nitrogen and oxygen atoms in total. The first-order chi connectivity index (χ1) is 14.0. The number of primary amides is 1. The first-order valence-corrected chi connectivity index (χ1v) is 10.0. The maximum atomic E-state index is 12.9. The van der Waals surface area contributed by atoms with Crippen molar-refractivity contribution in [1.29, 1.82) is 0 Å². The van der Waals surface area contributed by atoms with Crippen molar-refractivity contribution in [2.45, 2.75) is 6.92 Å². The molecule has 0 aliphatic heterocycles. The van der Waals surface area contributed by atoms with E-state index in [2.05, 4.69) is 38.2 Å². The highest BCUT2D eigenvalue weighted by Crippen LogP contribution is 2.26. The van der Waals surface area contributed by atoms with E-state index in [0.29, 0.717) is 29.3 Å². The monoisotopic (exact) mass is 501 g/mol. The molecule has 3 aromatic rings. The number of pyridine rings is 1. The van der Waals surface area contributed by atoms with Gasteiger partial charge in [0, 0.05) is 33.8 Å². The molecule has 1 aromatic heterocycles. The number of para-hydroxylation sites is 1. The molecule has 8 heteroatoms. The Labute approximate surface area is 182 Å². The average Bonchev–Trinajstić information content (AvgIpc) is 2.71. The van der Waals surface area contributed by atoms with E-state index >= 15 is 0 Å². The van der Waals surface area contributed by atoms with E-state index in [9.17, 15) is 9.59 Å². The van der Waals surface area contributed by atoms with Gasteiger partial charge in [-0.1, -0.05) is 18.2 Å². The van der Waals surface area contributed by atoms with Crippen LogP contribution in [0.25, 0.3) is 0 Å². The Morgan fingerprint density at radius 2 is 1.76 bits per heavy atom. The Bertz CT molecular complexity index is 1010. The summed E-state index contributed by atoms with van der Waals surface area (Å²) in [5, 5.41) is 6.10. The summed E-state index contributed by atoms with van der Waals surface area (Å²) < 4.78 is 1.07. The molecule has 0 aliphatic rings. The zero-order chi connectivity index (χ0) is 20.8. The van der Waals surface area contributed by atoms with Crippen LogP contribution >= 0.6 is 22.6 Å². The van der Waals surface area contributed by atoms with Gasteiger partial charge in [-0.3, -0.25) is 9.69 Å². The molecule has 1 heterocycles. The molecule has 0 atom stereocenters. The number of carbonyl (C=O) groups is 2. The highest BCUT2D eigenvalue weighted by molar-refractivity contribution is 14.1. The fraction of sp³-hybridized carbons (Fsp3) is 0.0952. The van der Waals surface area contributed by atoms with Crippen molar-refractivity contribution < 1.29 is 9.59 Å². The van der Waals surface area contributed by atoms with Crippen molar-refractivity contribution in [2.24, 2.45) is 5.73 Å². The van der Waals surface area contributed by atoms with Crippen molar-refractivity contribution in [3.63, 3.8) is 0 Å². The summed E-state index contributed by atoms with van der Waals surface area (Å²) in [4.78, 5) is 30.2. The molecule has 29 heavy (non-hydrogen) atoms. The second kappa shape index (κ2) is 9.37. The number of halogens is 1. The van der Waals surface area contributed by atoms with Gasteiger partial charge in [0.1, 0.15) is 5.82 Å². The highest BCUT2D eigenvalue weighted by Gasteiger charge is 2.18. The number of amides is 3. The summed E-state index contributed by atoms with van der Waals surface area (Å²) in [5.41, 5.74) is 7.78. The topological polar surface area (TPSA) is 100 Å². The second-order valence-electron chi connectivity index (χ2n) is 6.12. The van der Waals surface area contributed by atoms with Gasteiger partial charge >= 0.3 is 6.03 Å². The molecule has 0 radical (unpaired) electrons. The summed E-state index contributed by atoms with van der Waals surface area (Å²) in [6.07, 6.45) is 1.44. The molecule has 0 saturated carbocycles. The third-order valence-electron chi connectivity index (χ3n) is 4.15. The van der Waals surface area contributed by atoms with Crippen LogP contribution in [0.2, 0.25) is 0 Å². The number of urea groups is 1. The van der Waals surface area contributed by atoms with E-state index in [1.54, 1.807) is 13.0 Å². The summed E-state index contributed by atoms with van der Waals surface area (Å²) in [6, 6.07) is 18.0. The summed E-state index contributed by atoms with van der Waals surface area (Å²) in [6.45, 7) is 2.16. The molecular weight excluding hydrogens is 481 g/mol. The number of anilines is 4. The minimum atomic E-state index is -0.609. The van der Waals surface area contributed by atoms with E-state index in [-0.39, 0.29) is 5.91 Å². The molecule has 2 aromatic carbocycles. The van der Waals surface area contributed by atoms with Crippen LogP contribution in [0, 0.1) is 3.57 Å². The number of nitrogens with zero attached hydrogens (tertiary/aromatic N) is 2. The van der Waals surface area contributed by atoms with Gasteiger partial charge in [0.05, 0.1) is 11.3 Å². The van der Waals surface area contributed by atoms with Crippen LogP contribution in [-0.4, -0.2) is 23.5 Å². The Hall–Kier alpha value is -3.14. The van der Waals surface area contributed by atoms with E-state index in [1.807, 2.05) is 54.6 Å². The Morgan fingerprint density at radius 3 is 2.38 bits per heavy atom. The summed E-state index contributed by atoms with van der Waals surface area (Å²) >= 11 is 2.20. The maximum Gasteiger partial charge on any atom is 0.320 e. The molecule has 0 fully saturated rings. The number of nitrogens with one attached hydrogen (secondary N) is 2. The van der Waals surface area contributed by atoms with Crippen LogP contribution in [-0.2, 0) is 0 Å². The average molecular weight is 501 g/mol. The van der Waals surface area contributed by atoms with Gasteiger partial charge in [-0.05, 0) is 65.9 Å². The van der Waals surface area contributed by atoms with E-state index in [1.165, 1.54) is 11.1 Å². The number of rotatable bonds is 6. The first-order valence-electron chi connectivity index (χ1n) is 8.94. The number of nitrogens with two attached hydrogens (primary N) is 1. The molecular formula is C21H20IN5O2. The zero-order valence-corrected chi connectivity index (χ0v) is 17.9. The fourth-order valence-corrected chi connectivity index (χ4v) is 3.08. The van der Waals surface area contributed by atoms with E-state index < -0.39 is 6.03 Å². The van der Waals surface area contributed by atoms with Crippen molar-refractivity contribution in [1.82, 2.24) is 4.98 Å². The van der Waals surface area contributed by atoms with Gasteiger partial charge in [-0.15, -0.1) is 0 Å². The number of hydrogen-bond acceptors (Lipinski definition) is 4. The number of hydrogen-bond donors (Lipinski definition) is 3. The molecule has 0 aliphatic carbocycles. The van der Waals surface area contributed by atoms with Crippen LogP contribution in [0.4, 0.5) is 27.7 Å². The molecule has 0 unspecified atom stereocenters. The molecule has 0 spiro atoms. The summed E-state index contributed by atoms with van der Waals surface area (Å²) in [5.74, 6) is 0.0510. The lowest BCUT2D eigenvalue weighted by atomic mass is 10.2. The third-order valence-corrected chi connectivity index (χ3v) is 4.87. The van der Waals surface area contributed by atoms with Gasteiger partial charge in [-0.25, -0.2) is 9.78 Å². The van der Waals surface area contributed by atoms with Crippen LogP contribution in [0.5, 0.6) is 0 Å². The first kappa shape index (κ1) is 20.6. The molecule has 4 N–H and O–H groups in total. The van der Waals surface area contributed by atoms with Gasteiger partial charge < -0.3 is 16.4 Å². The molecule has 0 saturated heterocycles. The van der Waals surface area contributed by atoms with Crippen LogP contribution in [0.3, 0.4) is 0 Å². The number of aromatic nitrogens is 1. The highest BCUT2D eigenvalue weighted by atomic mass is 127. The smallest absolute Gasteiger partial charge is 0.320 e. The lowest BCUT2D eigenvalue weighted by Crippen LogP contribution is -2.36. The predicted molar refractivity (Wildman–Crippen MR) is 124 cm³/mol. The van der Waals surface area contributed by atoms with Crippen molar-refractivity contribution in [3.05, 3.63) is 76.0 Å². The largest absolute Gasteiger partial charge is 0.355 e. The molecule has 148 valence electrons. The Balaban J connectivity index is 1.96. The van der Waals surface area contributed by atoms with Crippen LogP contribution in [0.1, 0.15) is 17.3 Å². The molecule has 3 rings (SSSR count). The maximum absolute atomic E-state index is 12.9. The lowest BCUT2D eigenvalue weighted by molar-refractivity contribution is 0.102. The SMILES string of the molecule is CCN(C(N)=O)c1cc(Nc2ccccc2)c(C(=O)Nc2ccc(I)cc2)cn1. The standard InChI is InChI=1S/C21H20IN5O2/c1-2-27(21(23)29)19-12-18(25-15-6-4-3-5-7-15)17(13-24-19)20(28)26-16-10-8-14(22)9-11-16/h3-13H,2H2,1H3,(H2,23,29)(H,24,25)(H,26,28). The van der Waals surface area contributed by atoms with Crippen LogP contribution in [0.15, 0.2) is 66.9 Å². The predicted octanol–water partition coefficient (Wildman–Crippen LogP) is 4.59. The Morgan fingerprint density at radius 1 is 1.07 bits per heavy atom. The minimum Gasteiger partial charge on any atom is -0.355 e. The Kier molecular flexibility index (Phi) is 6.65. The normalized spacial score (nSPS) is 10.3. The minimum absolute atomic E-state index is 0.314. The van der Waals surface area contributed by atoms with Crippen molar-refractivity contribution >= 4 is 57.4 Å².